The largest absolute Gasteiger partial charge is 0.466 e. The minimum atomic E-state index is -0.678. The maximum absolute atomic E-state index is 12.6. The standard InChI is InChI=1S/C23H24Cl2N4O4/c1-4-12-29-13(2)18(21(30)33-3)19(28-23(29)32)14-8-10-15(11-9-14)26-22(31)27-20-16(24)6-5-7-17(20)25/h5-11,19H,4,12H2,1-3H3,(H,28,32)(H2,26,27,31). The fourth-order valence-electron chi connectivity index (χ4n) is 3.55. The number of rotatable bonds is 6. The highest BCUT2D eigenvalue weighted by Crippen LogP contribution is 2.32. The first-order chi connectivity index (χ1) is 15.8. The van der Waals surface area contributed by atoms with Crippen molar-refractivity contribution >= 4 is 52.6 Å². The van der Waals surface area contributed by atoms with Crippen LogP contribution in [0.15, 0.2) is 53.7 Å². The second-order valence-corrected chi connectivity index (χ2v) is 8.14. The molecule has 1 heterocycles. The van der Waals surface area contributed by atoms with Crippen LogP contribution in [0.4, 0.5) is 21.0 Å². The summed E-state index contributed by atoms with van der Waals surface area (Å²) in [6.45, 7) is 4.16. The van der Waals surface area contributed by atoms with Gasteiger partial charge in [-0.1, -0.05) is 48.3 Å². The quantitative estimate of drug-likeness (QED) is 0.461. The van der Waals surface area contributed by atoms with Crippen LogP contribution in [-0.4, -0.2) is 36.6 Å². The first kappa shape index (κ1) is 24.4. The second kappa shape index (κ2) is 10.6. The number of esters is 1. The summed E-state index contributed by atoms with van der Waals surface area (Å²) in [5.41, 5.74) is 2.38. The molecule has 1 unspecified atom stereocenters. The number of benzene rings is 2. The summed E-state index contributed by atoms with van der Waals surface area (Å²) in [5, 5.41) is 8.81. The molecule has 0 fully saturated rings. The summed E-state index contributed by atoms with van der Waals surface area (Å²) in [5.74, 6) is -0.517. The zero-order valence-electron chi connectivity index (χ0n) is 18.4. The number of allylic oxidation sites excluding steroid dienone is 1. The highest BCUT2D eigenvalue weighted by molar-refractivity contribution is 6.39. The van der Waals surface area contributed by atoms with Gasteiger partial charge in [-0.25, -0.2) is 14.4 Å². The molecule has 0 spiro atoms. The van der Waals surface area contributed by atoms with Crippen molar-refractivity contribution in [2.75, 3.05) is 24.3 Å². The van der Waals surface area contributed by atoms with Crippen molar-refractivity contribution in [2.24, 2.45) is 0 Å². The molecule has 33 heavy (non-hydrogen) atoms. The number of methoxy groups -OCH3 is 1. The third-order valence-electron chi connectivity index (χ3n) is 5.15. The highest BCUT2D eigenvalue weighted by Gasteiger charge is 2.35. The van der Waals surface area contributed by atoms with Crippen LogP contribution < -0.4 is 16.0 Å². The number of ether oxygens (including phenoxy) is 1. The molecule has 0 saturated carbocycles. The molecule has 2 aromatic carbocycles. The number of carbonyl (C=O) groups excluding carboxylic acids is 3. The fourth-order valence-corrected chi connectivity index (χ4v) is 4.04. The van der Waals surface area contributed by atoms with Gasteiger partial charge in [-0.15, -0.1) is 0 Å². The van der Waals surface area contributed by atoms with Crippen LogP contribution in [0.2, 0.25) is 10.0 Å². The van der Waals surface area contributed by atoms with Crippen molar-refractivity contribution in [2.45, 2.75) is 26.3 Å². The van der Waals surface area contributed by atoms with Crippen molar-refractivity contribution in [1.29, 1.82) is 0 Å². The highest BCUT2D eigenvalue weighted by atomic mass is 35.5. The fraction of sp³-hybridized carbons (Fsp3) is 0.261. The average molecular weight is 491 g/mol. The van der Waals surface area contributed by atoms with Gasteiger partial charge in [0.25, 0.3) is 0 Å². The number of nitrogens with zero attached hydrogens (tertiary/aromatic N) is 1. The monoisotopic (exact) mass is 490 g/mol. The third-order valence-corrected chi connectivity index (χ3v) is 5.78. The number of nitrogens with one attached hydrogen (secondary N) is 3. The summed E-state index contributed by atoms with van der Waals surface area (Å²) < 4.78 is 4.96. The summed E-state index contributed by atoms with van der Waals surface area (Å²) in [7, 11) is 1.30. The van der Waals surface area contributed by atoms with Crippen LogP contribution in [0.3, 0.4) is 0 Å². The molecule has 3 N–H and O–H groups in total. The lowest BCUT2D eigenvalue weighted by molar-refractivity contribution is -0.136. The van der Waals surface area contributed by atoms with Gasteiger partial charge in [0.1, 0.15) is 0 Å². The number of halogens is 2. The summed E-state index contributed by atoms with van der Waals surface area (Å²) in [6, 6.07) is 10.2. The number of anilines is 2. The van der Waals surface area contributed by atoms with Gasteiger partial charge in [0, 0.05) is 17.9 Å². The zero-order chi connectivity index (χ0) is 24.1. The number of para-hydroxylation sites is 1. The van der Waals surface area contributed by atoms with Crippen molar-refractivity contribution in [3.8, 4) is 0 Å². The van der Waals surface area contributed by atoms with Crippen LogP contribution in [0.1, 0.15) is 31.9 Å². The Morgan fingerprint density at radius 3 is 2.30 bits per heavy atom. The molecule has 0 saturated heterocycles. The van der Waals surface area contributed by atoms with E-state index in [1.54, 1.807) is 49.4 Å². The molecule has 174 valence electrons. The molecule has 0 bridgehead atoms. The second-order valence-electron chi connectivity index (χ2n) is 7.32. The Bertz CT molecular complexity index is 1080. The predicted octanol–water partition coefficient (Wildman–Crippen LogP) is 5.56. The van der Waals surface area contributed by atoms with E-state index >= 15 is 0 Å². The van der Waals surface area contributed by atoms with Crippen LogP contribution in [-0.2, 0) is 9.53 Å². The van der Waals surface area contributed by atoms with Gasteiger partial charge in [-0.2, -0.15) is 0 Å². The molecular weight excluding hydrogens is 467 g/mol. The molecule has 3 rings (SSSR count). The van der Waals surface area contributed by atoms with E-state index in [-0.39, 0.29) is 6.03 Å². The lowest BCUT2D eigenvalue weighted by Crippen LogP contribution is -2.48. The topological polar surface area (TPSA) is 99.8 Å². The molecule has 1 atom stereocenters. The smallest absolute Gasteiger partial charge is 0.337 e. The number of hydrogen-bond donors (Lipinski definition) is 3. The van der Waals surface area contributed by atoms with Gasteiger partial charge in [0.05, 0.1) is 34.5 Å². The minimum Gasteiger partial charge on any atom is -0.466 e. The molecule has 1 aliphatic heterocycles. The Kier molecular flexibility index (Phi) is 7.84. The summed E-state index contributed by atoms with van der Waals surface area (Å²) >= 11 is 12.2. The lowest BCUT2D eigenvalue weighted by atomic mass is 9.94. The Labute approximate surface area is 201 Å². The Hall–Kier alpha value is -3.23. The molecule has 1 aliphatic rings. The molecule has 10 heteroatoms. The zero-order valence-corrected chi connectivity index (χ0v) is 19.9. The molecule has 0 aliphatic carbocycles. The van der Waals surface area contributed by atoms with E-state index in [4.69, 9.17) is 27.9 Å². The summed E-state index contributed by atoms with van der Waals surface area (Å²) in [6.07, 6.45) is 0.742. The van der Waals surface area contributed by atoms with E-state index in [9.17, 15) is 14.4 Å². The molecular formula is C23H24Cl2N4O4. The maximum Gasteiger partial charge on any atom is 0.337 e. The first-order valence-corrected chi connectivity index (χ1v) is 11.0. The molecule has 4 amide bonds. The van der Waals surface area contributed by atoms with Crippen molar-refractivity contribution in [1.82, 2.24) is 10.2 Å². The maximum atomic E-state index is 12.6. The Morgan fingerprint density at radius 2 is 1.73 bits per heavy atom. The van der Waals surface area contributed by atoms with Gasteiger partial charge in [-0.3, -0.25) is 4.90 Å². The number of urea groups is 2. The predicted molar refractivity (Wildman–Crippen MR) is 129 cm³/mol. The van der Waals surface area contributed by atoms with Crippen molar-refractivity contribution < 1.29 is 19.1 Å². The van der Waals surface area contributed by atoms with Crippen LogP contribution in [0.5, 0.6) is 0 Å². The molecule has 0 aromatic heterocycles. The molecule has 8 nitrogen and oxygen atoms in total. The van der Waals surface area contributed by atoms with Gasteiger partial charge in [0.15, 0.2) is 0 Å². The van der Waals surface area contributed by atoms with Gasteiger partial charge < -0.3 is 20.7 Å². The van der Waals surface area contributed by atoms with Crippen LogP contribution in [0, 0.1) is 0 Å². The SMILES string of the molecule is CCCN1C(=O)NC(c2ccc(NC(=O)Nc3c(Cl)cccc3Cl)cc2)C(C(=O)OC)=C1C. The van der Waals surface area contributed by atoms with E-state index in [1.807, 2.05) is 6.92 Å². The van der Waals surface area contributed by atoms with E-state index in [0.29, 0.717) is 44.8 Å². The third kappa shape index (κ3) is 5.40. The number of hydrogen-bond acceptors (Lipinski definition) is 4. The Morgan fingerprint density at radius 1 is 1.09 bits per heavy atom. The summed E-state index contributed by atoms with van der Waals surface area (Å²) in [4.78, 5) is 39.0. The average Bonchev–Trinajstić information content (AvgIpc) is 2.79. The molecule has 2 aromatic rings. The van der Waals surface area contributed by atoms with Gasteiger partial charge in [0.2, 0.25) is 0 Å². The van der Waals surface area contributed by atoms with E-state index in [1.165, 1.54) is 12.0 Å². The first-order valence-electron chi connectivity index (χ1n) is 10.3. The van der Waals surface area contributed by atoms with E-state index < -0.39 is 18.0 Å². The van der Waals surface area contributed by atoms with Crippen molar-refractivity contribution in [3.05, 3.63) is 69.3 Å². The number of amides is 4. The van der Waals surface area contributed by atoms with Crippen molar-refractivity contribution in [3.63, 3.8) is 0 Å². The number of carbonyl (C=O) groups is 3. The lowest BCUT2D eigenvalue weighted by Gasteiger charge is -2.35. The Balaban J connectivity index is 1.80. The van der Waals surface area contributed by atoms with E-state index in [0.717, 1.165) is 6.42 Å². The van der Waals surface area contributed by atoms with Gasteiger partial charge in [-0.05, 0) is 43.2 Å². The molecule has 0 radical (unpaired) electrons. The minimum absolute atomic E-state index is 0.287. The van der Waals surface area contributed by atoms with E-state index in [2.05, 4.69) is 16.0 Å². The van der Waals surface area contributed by atoms with Crippen LogP contribution in [0.25, 0.3) is 0 Å². The van der Waals surface area contributed by atoms with Gasteiger partial charge >= 0.3 is 18.0 Å². The normalized spacial score (nSPS) is 15.7. The van der Waals surface area contributed by atoms with Crippen LogP contribution >= 0.6 is 23.2 Å².